The highest BCUT2D eigenvalue weighted by atomic mass is 32.2. The predicted molar refractivity (Wildman–Crippen MR) is 115 cm³/mol. The van der Waals surface area contributed by atoms with Crippen molar-refractivity contribution in [1.82, 2.24) is 4.57 Å². The van der Waals surface area contributed by atoms with E-state index in [4.69, 9.17) is 4.74 Å². The van der Waals surface area contributed by atoms with Crippen molar-refractivity contribution in [2.45, 2.75) is 37.5 Å². The monoisotopic (exact) mass is 482 g/mol. The average Bonchev–Trinajstić information content (AvgIpc) is 3.04. The van der Waals surface area contributed by atoms with Gasteiger partial charge in [0.2, 0.25) is 0 Å². The van der Waals surface area contributed by atoms with Gasteiger partial charge in [0, 0.05) is 11.6 Å². The van der Waals surface area contributed by atoms with Gasteiger partial charge in [0.1, 0.15) is 12.4 Å². The van der Waals surface area contributed by atoms with Crippen LogP contribution in [0.25, 0.3) is 10.2 Å². The molecule has 0 radical (unpaired) electrons. The van der Waals surface area contributed by atoms with Crippen molar-refractivity contribution in [3.63, 3.8) is 0 Å². The first-order valence-corrected chi connectivity index (χ1v) is 12.0. The van der Waals surface area contributed by atoms with Crippen LogP contribution in [-0.2, 0) is 25.9 Å². The third-order valence-electron chi connectivity index (χ3n) is 4.54. The highest BCUT2D eigenvalue weighted by Crippen LogP contribution is 2.23. The van der Waals surface area contributed by atoms with Crippen molar-refractivity contribution in [3.8, 4) is 0 Å². The SMILES string of the molecule is CCOC(=O)Cn1c(=NC(=O)c2ccc(S(=O)(=O)C(C)C)cc2)sc2cc(F)cc(F)c21. The molecular weight excluding hydrogens is 462 g/mol. The largest absolute Gasteiger partial charge is 0.465 e. The van der Waals surface area contributed by atoms with Crippen LogP contribution in [0.3, 0.4) is 0 Å². The number of thiazole rings is 1. The van der Waals surface area contributed by atoms with E-state index in [1.54, 1.807) is 20.8 Å². The van der Waals surface area contributed by atoms with E-state index in [1.807, 2.05) is 0 Å². The highest BCUT2D eigenvalue weighted by molar-refractivity contribution is 7.92. The van der Waals surface area contributed by atoms with Crippen molar-refractivity contribution >= 4 is 43.3 Å². The van der Waals surface area contributed by atoms with Crippen LogP contribution >= 0.6 is 11.3 Å². The summed E-state index contributed by atoms with van der Waals surface area (Å²) in [5.74, 6) is -3.12. The Kier molecular flexibility index (Phi) is 6.89. The van der Waals surface area contributed by atoms with Gasteiger partial charge >= 0.3 is 5.97 Å². The average molecular weight is 483 g/mol. The number of hydrogen-bond donors (Lipinski definition) is 0. The number of carbonyl (C=O) groups is 2. The molecule has 0 N–H and O–H groups in total. The van der Waals surface area contributed by atoms with Gasteiger partial charge in [-0.05, 0) is 51.1 Å². The Morgan fingerprint density at radius 1 is 1.16 bits per heavy atom. The minimum Gasteiger partial charge on any atom is -0.465 e. The molecule has 1 amide bonds. The van der Waals surface area contributed by atoms with Crippen molar-refractivity contribution < 1.29 is 31.5 Å². The summed E-state index contributed by atoms with van der Waals surface area (Å²) in [4.78, 5) is 28.7. The van der Waals surface area contributed by atoms with Gasteiger partial charge in [-0.3, -0.25) is 9.59 Å². The van der Waals surface area contributed by atoms with Crippen LogP contribution in [0, 0.1) is 11.6 Å². The number of amides is 1. The van der Waals surface area contributed by atoms with Crippen LogP contribution in [-0.4, -0.2) is 36.7 Å². The summed E-state index contributed by atoms with van der Waals surface area (Å²) in [7, 11) is -3.50. The molecule has 0 aliphatic heterocycles. The van der Waals surface area contributed by atoms with E-state index in [9.17, 15) is 26.8 Å². The number of benzene rings is 2. The molecule has 0 saturated heterocycles. The molecule has 2 aromatic carbocycles. The third-order valence-corrected chi connectivity index (χ3v) is 7.73. The van der Waals surface area contributed by atoms with Crippen LogP contribution in [0.1, 0.15) is 31.1 Å². The lowest BCUT2D eigenvalue weighted by Crippen LogP contribution is -2.23. The second-order valence-corrected chi connectivity index (χ2v) is 10.6. The highest BCUT2D eigenvalue weighted by Gasteiger charge is 2.20. The molecule has 0 aliphatic rings. The second kappa shape index (κ2) is 9.29. The maximum Gasteiger partial charge on any atom is 0.326 e. The van der Waals surface area contributed by atoms with E-state index >= 15 is 0 Å². The van der Waals surface area contributed by atoms with Crippen molar-refractivity contribution in [2.24, 2.45) is 4.99 Å². The van der Waals surface area contributed by atoms with Crippen LogP contribution < -0.4 is 4.80 Å². The molecule has 32 heavy (non-hydrogen) atoms. The van der Waals surface area contributed by atoms with Crippen LogP contribution in [0.5, 0.6) is 0 Å². The van der Waals surface area contributed by atoms with E-state index in [-0.39, 0.29) is 32.1 Å². The number of ether oxygens (including phenoxy) is 1. The van der Waals surface area contributed by atoms with Crippen LogP contribution in [0.15, 0.2) is 46.3 Å². The molecule has 3 aromatic rings. The molecule has 0 bridgehead atoms. The lowest BCUT2D eigenvalue weighted by atomic mass is 10.2. The lowest BCUT2D eigenvalue weighted by molar-refractivity contribution is -0.143. The predicted octanol–water partition coefficient (Wildman–Crippen LogP) is 3.47. The Hall–Kier alpha value is -2.92. The lowest BCUT2D eigenvalue weighted by Gasteiger charge is -2.08. The minimum absolute atomic E-state index is 0.0265. The number of hydrogen-bond acceptors (Lipinski definition) is 6. The molecule has 0 unspecified atom stereocenters. The van der Waals surface area contributed by atoms with Crippen LogP contribution in [0.2, 0.25) is 0 Å². The Balaban J connectivity index is 2.08. The standard InChI is InChI=1S/C21H20F2N2O5S2/c1-4-30-18(26)11-25-19-16(23)9-14(22)10-17(19)31-21(25)24-20(27)13-5-7-15(8-6-13)32(28,29)12(2)3/h5-10,12H,4,11H2,1-3H3. The van der Waals surface area contributed by atoms with Gasteiger partial charge in [0.05, 0.1) is 27.0 Å². The maximum atomic E-state index is 14.4. The first kappa shape index (κ1) is 23.7. The fourth-order valence-electron chi connectivity index (χ4n) is 2.91. The van der Waals surface area contributed by atoms with Gasteiger partial charge in [0.25, 0.3) is 5.91 Å². The first-order chi connectivity index (χ1) is 15.0. The van der Waals surface area contributed by atoms with Crippen molar-refractivity contribution in [2.75, 3.05) is 6.61 Å². The fraction of sp³-hybridized carbons (Fsp3) is 0.286. The molecule has 1 heterocycles. The smallest absolute Gasteiger partial charge is 0.326 e. The number of halogens is 2. The molecule has 0 atom stereocenters. The number of rotatable bonds is 6. The molecule has 0 fully saturated rings. The zero-order chi connectivity index (χ0) is 23.6. The number of esters is 1. The minimum atomic E-state index is -3.50. The normalized spacial score (nSPS) is 12.5. The van der Waals surface area contributed by atoms with E-state index in [0.29, 0.717) is 6.07 Å². The number of sulfone groups is 1. The second-order valence-electron chi connectivity index (χ2n) is 7.05. The van der Waals surface area contributed by atoms with Gasteiger partial charge in [0.15, 0.2) is 20.5 Å². The molecule has 7 nitrogen and oxygen atoms in total. The Morgan fingerprint density at radius 2 is 1.81 bits per heavy atom. The summed E-state index contributed by atoms with van der Waals surface area (Å²) in [6, 6.07) is 7.03. The summed E-state index contributed by atoms with van der Waals surface area (Å²) in [5.41, 5.74) is 0.0221. The van der Waals surface area contributed by atoms with Crippen LogP contribution in [0.4, 0.5) is 8.78 Å². The van der Waals surface area contributed by atoms with Crippen molar-refractivity contribution in [1.29, 1.82) is 0 Å². The zero-order valence-corrected chi connectivity index (χ0v) is 19.1. The first-order valence-electron chi connectivity index (χ1n) is 9.61. The van der Waals surface area contributed by atoms with Gasteiger partial charge in [-0.1, -0.05) is 11.3 Å². The summed E-state index contributed by atoms with van der Waals surface area (Å²) in [6.45, 7) is 4.40. The molecular formula is C21H20F2N2O5S2. The van der Waals surface area contributed by atoms with Gasteiger partial charge in [-0.25, -0.2) is 17.2 Å². The molecule has 0 saturated carbocycles. The fourth-order valence-corrected chi connectivity index (χ4v) is 5.03. The van der Waals surface area contributed by atoms with E-state index < -0.39 is 45.1 Å². The van der Waals surface area contributed by atoms with E-state index in [0.717, 1.165) is 22.0 Å². The molecule has 11 heteroatoms. The van der Waals surface area contributed by atoms with E-state index in [1.165, 1.54) is 24.3 Å². The van der Waals surface area contributed by atoms with E-state index in [2.05, 4.69) is 4.99 Å². The summed E-state index contributed by atoms with van der Waals surface area (Å²) in [6.07, 6.45) is 0. The summed E-state index contributed by atoms with van der Waals surface area (Å²) >= 11 is 0.838. The topological polar surface area (TPSA) is 94.8 Å². The molecule has 0 aliphatic carbocycles. The number of nitrogens with zero attached hydrogens (tertiary/aromatic N) is 2. The molecule has 3 rings (SSSR count). The van der Waals surface area contributed by atoms with Gasteiger partial charge in [-0.15, -0.1) is 0 Å². The Morgan fingerprint density at radius 3 is 2.41 bits per heavy atom. The number of fused-ring (bicyclic) bond motifs is 1. The third kappa shape index (κ3) is 4.78. The van der Waals surface area contributed by atoms with Gasteiger partial charge < -0.3 is 9.30 Å². The zero-order valence-electron chi connectivity index (χ0n) is 17.5. The molecule has 0 spiro atoms. The van der Waals surface area contributed by atoms with Gasteiger partial charge in [-0.2, -0.15) is 4.99 Å². The Bertz CT molecular complexity index is 1360. The molecule has 170 valence electrons. The number of carbonyl (C=O) groups excluding carboxylic acids is 2. The number of aromatic nitrogens is 1. The molecule has 1 aromatic heterocycles. The Labute approximate surface area is 186 Å². The maximum absolute atomic E-state index is 14.4. The summed E-state index contributed by atoms with van der Waals surface area (Å²) in [5, 5.41) is -0.621. The quantitative estimate of drug-likeness (QED) is 0.502. The van der Waals surface area contributed by atoms with Crippen molar-refractivity contribution in [3.05, 3.63) is 58.4 Å². The summed E-state index contributed by atoms with van der Waals surface area (Å²) < 4.78 is 58.8.